The van der Waals surface area contributed by atoms with E-state index >= 15 is 0 Å². The average molecular weight is 659 g/mol. The van der Waals surface area contributed by atoms with Crippen LogP contribution in [0.3, 0.4) is 0 Å². The van der Waals surface area contributed by atoms with Gasteiger partial charge in [-0.15, -0.1) is 0 Å². The van der Waals surface area contributed by atoms with Gasteiger partial charge in [0.05, 0.1) is 4.90 Å². The molecule has 0 aliphatic carbocycles. The Kier molecular flexibility index (Phi) is 9.26. The molecule has 0 bridgehead atoms. The topological polar surface area (TPSA) is 101 Å². The number of aromatic amines is 1. The first-order valence-corrected chi connectivity index (χ1v) is 18.2. The van der Waals surface area contributed by atoms with Crippen LogP contribution in [-0.4, -0.2) is 89.3 Å². The summed E-state index contributed by atoms with van der Waals surface area (Å²) in [6.45, 7) is 7.93. The van der Waals surface area contributed by atoms with Gasteiger partial charge >= 0.3 is 0 Å². The lowest BCUT2D eigenvalue weighted by molar-refractivity contribution is 0.120. The molecular formula is C35H43FN8O2S. The summed E-state index contributed by atoms with van der Waals surface area (Å²) >= 11 is 0. The van der Waals surface area contributed by atoms with Gasteiger partial charge in [-0.25, -0.2) is 17.8 Å². The first-order chi connectivity index (χ1) is 22.8. The molecule has 3 aliphatic rings. The SMILES string of the molecule is CC(c1ccc[nH]1)N1CCC(N(CCN2CCCC2)S(=O)(=O)c2ccc(Nc3nccc(N4CCc5cc(F)ccc54)n3)cc2)CC1. The highest BCUT2D eigenvalue weighted by Gasteiger charge is 2.35. The summed E-state index contributed by atoms with van der Waals surface area (Å²) in [4.78, 5) is 19.6. The van der Waals surface area contributed by atoms with Crippen LogP contribution in [0.2, 0.25) is 0 Å². The van der Waals surface area contributed by atoms with Crippen LogP contribution in [0, 0.1) is 5.82 Å². The lowest BCUT2D eigenvalue weighted by Gasteiger charge is -2.40. The van der Waals surface area contributed by atoms with Gasteiger partial charge in [-0.05, 0) is 118 Å². The van der Waals surface area contributed by atoms with Crippen LogP contribution in [0.4, 0.5) is 27.5 Å². The van der Waals surface area contributed by atoms with E-state index in [-0.39, 0.29) is 17.9 Å². The molecule has 2 saturated heterocycles. The number of anilines is 4. The third-order valence-electron chi connectivity index (χ3n) is 9.93. The molecule has 0 amide bonds. The summed E-state index contributed by atoms with van der Waals surface area (Å²) in [5.74, 6) is 0.884. The summed E-state index contributed by atoms with van der Waals surface area (Å²) in [6, 6.07) is 17.9. The number of hydrogen-bond acceptors (Lipinski definition) is 8. The molecule has 47 heavy (non-hydrogen) atoms. The van der Waals surface area contributed by atoms with Crippen LogP contribution in [0.15, 0.2) is 78.0 Å². The third-order valence-corrected chi connectivity index (χ3v) is 11.9. The molecule has 4 aromatic rings. The lowest BCUT2D eigenvalue weighted by atomic mass is 10.0. The Bertz CT molecular complexity index is 1750. The van der Waals surface area contributed by atoms with Gasteiger partial charge in [0.25, 0.3) is 0 Å². The zero-order valence-corrected chi connectivity index (χ0v) is 27.7. The first-order valence-electron chi connectivity index (χ1n) is 16.7. The molecule has 0 radical (unpaired) electrons. The minimum Gasteiger partial charge on any atom is -0.364 e. The Labute approximate surface area is 276 Å². The van der Waals surface area contributed by atoms with Crippen LogP contribution in [0.25, 0.3) is 0 Å². The summed E-state index contributed by atoms with van der Waals surface area (Å²) < 4.78 is 44.0. The van der Waals surface area contributed by atoms with E-state index in [0.717, 1.165) is 63.2 Å². The maximum Gasteiger partial charge on any atom is 0.243 e. The van der Waals surface area contributed by atoms with Crippen molar-refractivity contribution in [2.75, 3.05) is 56.0 Å². The first kappa shape index (κ1) is 31.7. The van der Waals surface area contributed by atoms with E-state index in [1.165, 1.54) is 24.6 Å². The fourth-order valence-electron chi connectivity index (χ4n) is 7.25. The summed E-state index contributed by atoms with van der Waals surface area (Å²) in [7, 11) is -3.72. The van der Waals surface area contributed by atoms with Crippen molar-refractivity contribution in [3.63, 3.8) is 0 Å². The van der Waals surface area contributed by atoms with Gasteiger partial charge in [0, 0.05) is 74.3 Å². The van der Waals surface area contributed by atoms with Gasteiger partial charge in [-0.2, -0.15) is 9.29 Å². The largest absolute Gasteiger partial charge is 0.364 e. The van der Waals surface area contributed by atoms with E-state index in [0.29, 0.717) is 35.4 Å². The van der Waals surface area contributed by atoms with Gasteiger partial charge in [0.15, 0.2) is 0 Å². The van der Waals surface area contributed by atoms with E-state index in [4.69, 9.17) is 4.98 Å². The Morgan fingerprint density at radius 1 is 1.02 bits per heavy atom. The number of H-pyrrole nitrogens is 1. The molecule has 5 heterocycles. The molecule has 2 fully saturated rings. The van der Waals surface area contributed by atoms with E-state index in [9.17, 15) is 12.8 Å². The van der Waals surface area contributed by atoms with Crippen molar-refractivity contribution in [2.24, 2.45) is 0 Å². The molecule has 2 aromatic heterocycles. The second kappa shape index (κ2) is 13.7. The molecule has 2 aromatic carbocycles. The number of aromatic nitrogens is 3. The molecule has 3 aliphatic heterocycles. The minimum absolute atomic E-state index is 0.0455. The van der Waals surface area contributed by atoms with E-state index in [1.807, 2.05) is 18.3 Å². The highest BCUT2D eigenvalue weighted by molar-refractivity contribution is 7.89. The fourth-order valence-corrected chi connectivity index (χ4v) is 8.93. The van der Waals surface area contributed by atoms with Crippen LogP contribution in [0.5, 0.6) is 0 Å². The van der Waals surface area contributed by atoms with Crippen molar-refractivity contribution >= 4 is 33.2 Å². The normalized spacial score (nSPS) is 18.6. The number of rotatable bonds is 11. The van der Waals surface area contributed by atoms with Gasteiger partial charge in [-0.1, -0.05) is 0 Å². The quantitative estimate of drug-likeness (QED) is 0.212. The molecular weight excluding hydrogens is 616 g/mol. The number of nitrogens with zero attached hydrogens (tertiary/aromatic N) is 6. The Morgan fingerprint density at radius 2 is 1.81 bits per heavy atom. The zero-order valence-electron chi connectivity index (χ0n) is 26.9. The summed E-state index contributed by atoms with van der Waals surface area (Å²) in [6.07, 6.45) is 8.34. The molecule has 1 unspecified atom stereocenters. The zero-order chi connectivity index (χ0) is 32.4. The molecule has 2 N–H and O–H groups in total. The van der Waals surface area contributed by atoms with Gasteiger partial charge in [0.1, 0.15) is 11.6 Å². The number of halogens is 1. The number of likely N-dealkylation sites (tertiary alicyclic amines) is 2. The average Bonchev–Trinajstić information content (AvgIpc) is 3.88. The smallest absolute Gasteiger partial charge is 0.243 e. The second-order valence-electron chi connectivity index (χ2n) is 12.8. The summed E-state index contributed by atoms with van der Waals surface area (Å²) in [5.41, 5.74) is 3.78. The fraction of sp³-hybridized carbons (Fsp3) is 0.429. The van der Waals surface area contributed by atoms with Crippen molar-refractivity contribution in [1.29, 1.82) is 0 Å². The number of benzene rings is 2. The minimum atomic E-state index is -3.72. The number of piperidine rings is 1. The Hall–Kier alpha value is -3.84. The van der Waals surface area contributed by atoms with Crippen LogP contribution in [-0.2, 0) is 16.4 Å². The number of nitrogens with one attached hydrogen (secondary N) is 2. The van der Waals surface area contributed by atoms with Gasteiger partial charge in [0.2, 0.25) is 16.0 Å². The molecule has 1 atom stereocenters. The second-order valence-corrected chi connectivity index (χ2v) is 14.7. The monoisotopic (exact) mass is 658 g/mol. The molecule has 0 spiro atoms. The van der Waals surface area contributed by atoms with Crippen molar-refractivity contribution in [1.82, 2.24) is 29.1 Å². The van der Waals surface area contributed by atoms with Gasteiger partial charge in [-0.3, -0.25) is 4.90 Å². The van der Waals surface area contributed by atoms with Crippen LogP contribution in [0.1, 0.15) is 49.9 Å². The summed E-state index contributed by atoms with van der Waals surface area (Å²) in [5, 5.41) is 3.23. The molecule has 0 saturated carbocycles. The predicted octanol–water partition coefficient (Wildman–Crippen LogP) is 5.69. The number of hydrogen-bond donors (Lipinski definition) is 2. The highest BCUT2D eigenvalue weighted by atomic mass is 32.2. The maximum atomic E-state index is 14.2. The standard InChI is InChI=1S/C35H43FN8O2S/c1-26(32-5-4-16-37-32)42-20-14-30(15-21-42)44(24-23-41-18-2-3-19-41)47(45,46)31-9-7-29(8-10-31)39-35-38-17-12-34(40-35)43-22-13-27-25-28(36)6-11-33(27)43/h4-12,16-17,25-26,30,37H,2-3,13-15,18-24H2,1H3,(H,38,39,40). The van der Waals surface area contributed by atoms with Crippen molar-refractivity contribution < 1.29 is 12.8 Å². The molecule has 7 rings (SSSR count). The van der Waals surface area contributed by atoms with E-state index < -0.39 is 10.0 Å². The number of sulfonamides is 1. The van der Waals surface area contributed by atoms with Crippen molar-refractivity contribution in [2.45, 2.75) is 56.0 Å². The van der Waals surface area contributed by atoms with Crippen LogP contribution >= 0.6 is 0 Å². The third kappa shape index (κ3) is 6.92. The number of fused-ring (bicyclic) bond motifs is 1. The van der Waals surface area contributed by atoms with E-state index in [2.05, 4.69) is 43.0 Å². The van der Waals surface area contributed by atoms with Crippen molar-refractivity contribution in [3.8, 4) is 0 Å². The Balaban J connectivity index is 1.05. The molecule has 10 nitrogen and oxygen atoms in total. The van der Waals surface area contributed by atoms with Crippen molar-refractivity contribution in [3.05, 3.63) is 90.1 Å². The Morgan fingerprint density at radius 3 is 2.55 bits per heavy atom. The predicted molar refractivity (Wildman–Crippen MR) is 182 cm³/mol. The maximum absolute atomic E-state index is 14.2. The molecule has 248 valence electrons. The lowest BCUT2D eigenvalue weighted by Crippen LogP contribution is -2.49. The van der Waals surface area contributed by atoms with E-state index in [1.54, 1.807) is 46.9 Å². The highest BCUT2D eigenvalue weighted by Crippen LogP contribution is 2.34. The molecule has 12 heteroatoms. The van der Waals surface area contributed by atoms with Gasteiger partial charge < -0.3 is 20.1 Å². The van der Waals surface area contributed by atoms with Crippen LogP contribution < -0.4 is 10.2 Å².